The first-order chi connectivity index (χ1) is 13.4. The van der Waals surface area contributed by atoms with Crippen LogP contribution in [0.5, 0.6) is 0 Å². The van der Waals surface area contributed by atoms with Crippen molar-refractivity contribution in [1.29, 1.82) is 0 Å². The maximum Gasteiger partial charge on any atom is 0.293 e. The van der Waals surface area contributed by atoms with Crippen molar-refractivity contribution in [1.82, 2.24) is 0 Å². The molecule has 4 rings (SSSR count). The normalized spacial score (nSPS) is 13.4. The minimum Gasteiger partial charge on any atom is -0.459 e. The number of amides is 1. The third-order valence-electron chi connectivity index (χ3n) is 4.48. The lowest BCUT2D eigenvalue weighted by Gasteiger charge is -2.17. The minimum atomic E-state index is -3.74. The van der Waals surface area contributed by atoms with E-state index in [9.17, 15) is 17.6 Å². The minimum absolute atomic E-state index is 0.227. The van der Waals surface area contributed by atoms with Crippen molar-refractivity contribution >= 4 is 27.3 Å². The number of hydrogen-bond acceptors (Lipinski definition) is 4. The van der Waals surface area contributed by atoms with Crippen molar-refractivity contribution in [3.05, 3.63) is 83.6 Å². The van der Waals surface area contributed by atoms with Gasteiger partial charge in [-0.2, -0.15) is 0 Å². The Morgan fingerprint density at radius 1 is 1.14 bits per heavy atom. The summed E-state index contributed by atoms with van der Waals surface area (Å²) in [7, 11) is -3.74. The predicted molar refractivity (Wildman–Crippen MR) is 103 cm³/mol. The van der Waals surface area contributed by atoms with Gasteiger partial charge in [0.15, 0.2) is 5.76 Å². The number of nitrogens with zero attached hydrogens (tertiary/aromatic N) is 1. The molecule has 2 aromatic carbocycles. The molecule has 0 atom stereocenters. The third-order valence-corrected chi connectivity index (χ3v) is 5.74. The summed E-state index contributed by atoms with van der Waals surface area (Å²) in [6.45, 7) is 0.494. The van der Waals surface area contributed by atoms with Crippen LogP contribution in [0.15, 0.2) is 65.3 Å². The van der Waals surface area contributed by atoms with Crippen LogP contribution in [0.25, 0.3) is 0 Å². The van der Waals surface area contributed by atoms with Crippen LogP contribution in [-0.2, 0) is 22.2 Å². The molecule has 144 valence electrons. The second-order valence-electron chi connectivity index (χ2n) is 6.52. The van der Waals surface area contributed by atoms with Gasteiger partial charge >= 0.3 is 0 Å². The molecular weight excluding hydrogens is 383 g/mol. The van der Waals surface area contributed by atoms with Gasteiger partial charge in [-0.15, -0.1) is 0 Å². The molecule has 0 aliphatic carbocycles. The highest BCUT2D eigenvalue weighted by atomic mass is 32.2. The lowest BCUT2D eigenvalue weighted by atomic mass is 10.1. The van der Waals surface area contributed by atoms with Gasteiger partial charge in [-0.3, -0.25) is 9.52 Å². The quantitative estimate of drug-likeness (QED) is 0.710. The molecule has 0 spiro atoms. The SMILES string of the molecule is O=C(c1ccco1)N1CCc2ccc(NS(=O)(=O)Cc3cccc(F)c3)cc21. The second kappa shape index (κ2) is 7.12. The summed E-state index contributed by atoms with van der Waals surface area (Å²) in [5.41, 5.74) is 2.29. The molecule has 0 saturated heterocycles. The van der Waals surface area contributed by atoms with Crippen molar-refractivity contribution < 1.29 is 22.0 Å². The average molecular weight is 400 g/mol. The Hall–Kier alpha value is -3.13. The van der Waals surface area contributed by atoms with Gasteiger partial charge in [0.25, 0.3) is 5.91 Å². The van der Waals surface area contributed by atoms with E-state index in [1.54, 1.807) is 41.3 Å². The first kappa shape index (κ1) is 18.2. The van der Waals surface area contributed by atoms with Crippen molar-refractivity contribution in [2.24, 2.45) is 0 Å². The van der Waals surface area contributed by atoms with Gasteiger partial charge < -0.3 is 9.32 Å². The molecule has 0 radical (unpaired) electrons. The number of anilines is 2. The van der Waals surface area contributed by atoms with Crippen molar-refractivity contribution in [2.75, 3.05) is 16.2 Å². The molecular formula is C20H17FN2O4S. The Labute approximate surface area is 161 Å². The van der Waals surface area contributed by atoms with Gasteiger partial charge in [-0.1, -0.05) is 18.2 Å². The molecule has 1 aromatic heterocycles. The summed E-state index contributed by atoms with van der Waals surface area (Å²) in [4.78, 5) is 14.2. The highest BCUT2D eigenvalue weighted by Gasteiger charge is 2.27. The molecule has 0 bridgehead atoms. The number of carbonyl (C=O) groups excluding carboxylic acids is 1. The number of benzene rings is 2. The Bertz CT molecular complexity index is 1130. The first-order valence-corrected chi connectivity index (χ1v) is 10.3. The molecule has 1 aliphatic heterocycles. The van der Waals surface area contributed by atoms with Gasteiger partial charge in [0.05, 0.1) is 17.7 Å². The van der Waals surface area contributed by atoms with Gasteiger partial charge in [0.1, 0.15) is 5.82 Å². The monoisotopic (exact) mass is 400 g/mol. The van der Waals surface area contributed by atoms with E-state index in [2.05, 4.69) is 4.72 Å². The molecule has 0 saturated carbocycles. The molecule has 0 fully saturated rings. The fourth-order valence-electron chi connectivity index (χ4n) is 3.25. The number of hydrogen-bond donors (Lipinski definition) is 1. The van der Waals surface area contributed by atoms with E-state index in [1.807, 2.05) is 0 Å². The number of nitrogens with one attached hydrogen (secondary N) is 1. The molecule has 1 N–H and O–H groups in total. The molecule has 1 aliphatic rings. The highest BCUT2D eigenvalue weighted by Crippen LogP contribution is 2.32. The molecule has 1 amide bonds. The number of carbonyl (C=O) groups is 1. The first-order valence-electron chi connectivity index (χ1n) is 8.64. The zero-order valence-electron chi connectivity index (χ0n) is 14.8. The van der Waals surface area contributed by atoms with Gasteiger partial charge in [0, 0.05) is 12.2 Å². The highest BCUT2D eigenvalue weighted by molar-refractivity contribution is 7.91. The molecule has 0 unspecified atom stereocenters. The van der Waals surface area contributed by atoms with Crippen molar-refractivity contribution in [3.8, 4) is 0 Å². The smallest absolute Gasteiger partial charge is 0.293 e. The number of fused-ring (bicyclic) bond motifs is 1. The summed E-state index contributed by atoms with van der Waals surface area (Å²) in [5, 5.41) is 0. The van der Waals surface area contributed by atoms with Gasteiger partial charge in [-0.25, -0.2) is 12.8 Å². The summed E-state index contributed by atoms with van der Waals surface area (Å²) in [6, 6.07) is 13.8. The topological polar surface area (TPSA) is 79.6 Å². The van der Waals surface area contributed by atoms with E-state index in [0.29, 0.717) is 29.9 Å². The van der Waals surface area contributed by atoms with Crippen LogP contribution in [0.3, 0.4) is 0 Å². The maximum atomic E-state index is 13.3. The van der Waals surface area contributed by atoms with E-state index in [4.69, 9.17) is 4.42 Å². The molecule has 8 heteroatoms. The van der Waals surface area contributed by atoms with E-state index < -0.39 is 15.8 Å². The zero-order valence-corrected chi connectivity index (χ0v) is 15.6. The summed E-state index contributed by atoms with van der Waals surface area (Å²) in [6.07, 6.45) is 2.11. The third kappa shape index (κ3) is 3.77. The predicted octanol–water partition coefficient (Wildman–Crippen LogP) is 3.56. The maximum absolute atomic E-state index is 13.3. The van der Waals surface area contributed by atoms with E-state index >= 15 is 0 Å². The number of furan rings is 1. The zero-order chi connectivity index (χ0) is 19.7. The van der Waals surface area contributed by atoms with Crippen LogP contribution in [-0.4, -0.2) is 20.9 Å². The van der Waals surface area contributed by atoms with Gasteiger partial charge in [-0.05, 0) is 53.9 Å². The summed E-state index contributed by atoms with van der Waals surface area (Å²) >= 11 is 0. The summed E-state index contributed by atoms with van der Waals surface area (Å²) in [5.74, 6) is -0.887. The van der Waals surface area contributed by atoms with Crippen LogP contribution in [0.4, 0.5) is 15.8 Å². The lowest BCUT2D eigenvalue weighted by Crippen LogP contribution is -2.28. The van der Waals surface area contributed by atoms with Crippen LogP contribution < -0.4 is 9.62 Å². The Morgan fingerprint density at radius 3 is 2.75 bits per heavy atom. The van der Waals surface area contributed by atoms with Crippen LogP contribution in [0.1, 0.15) is 21.7 Å². The Balaban J connectivity index is 1.55. The van der Waals surface area contributed by atoms with Crippen LogP contribution >= 0.6 is 0 Å². The van der Waals surface area contributed by atoms with E-state index in [-0.39, 0.29) is 17.4 Å². The largest absolute Gasteiger partial charge is 0.459 e. The average Bonchev–Trinajstić information content (AvgIpc) is 3.30. The van der Waals surface area contributed by atoms with Gasteiger partial charge in [0.2, 0.25) is 10.0 Å². The van der Waals surface area contributed by atoms with E-state index in [0.717, 1.165) is 5.56 Å². The van der Waals surface area contributed by atoms with E-state index in [1.165, 1.54) is 24.5 Å². The van der Waals surface area contributed by atoms with Crippen LogP contribution in [0, 0.1) is 5.82 Å². The lowest BCUT2D eigenvalue weighted by molar-refractivity contribution is 0.0963. The standard InChI is InChI=1S/C20H17FN2O4S/c21-16-4-1-3-14(11-16)13-28(25,26)22-17-7-6-15-8-9-23(18(15)12-17)20(24)19-5-2-10-27-19/h1-7,10-12,22H,8-9,13H2. The second-order valence-corrected chi connectivity index (χ2v) is 8.24. The fourth-order valence-corrected chi connectivity index (χ4v) is 4.43. The molecule has 28 heavy (non-hydrogen) atoms. The number of sulfonamides is 1. The molecule has 3 aromatic rings. The summed E-state index contributed by atoms with van der Waals surface area (Å²) < 4.78 is 45.9. The molecule has 6 nitrogen and oxygen atoms in total. The number of rotatable bonds is 5. The Morgan fingerprint density at radius 2 is 2.00 bits per heavy atom. The molecule has 2 heterocycles. The van der Waals surface area contributed by atoms with Crippen LogP contribution in [0.2, 0.25) is 0 Å². The number of halogens is 1. The fraction of sp³-hybridized carbons (Fsp3) is 0.150. The van der Waals surface area contributed by atoms with Crippen molar-refractivity contribution in [2.45, 2.75) is 12.2 Å². The Kier molecular flexibility index (Phi) is 4.64. The van der Waals surface area contributed by atoms with Crippen molar-refractivity contribution in [3.63, 3.8) is 0 Å².